The predicted molar refractivity (Wildman–Crippen MR) is 115 cm³/mol. The number of hydrogen-bond donors (Lipinski definition) is 0. The fourth-order valence-electron chi connectivity index (χ4n) is 3.47. The van der Waals surface area contributed by atoms with E-state index in [0.717, 1.165) is 5.56 Å². The Morgan fingerprint density at radius 1 is 0.867 bits per heavy atom. The Labute approximate surface area is 175 Å². The molecule has 1 unspecified atom stereocenters. The van der Waals surface area contributed by atoms with Crippen LogP contribution in [0.5, 0.6) is 0 Å². The van der Waals surface area contributed by atoms with Gasteiger partial charge in [-0.25, -0.2) is 4.79 Å². The Morgan fingerprint density at radius 2 is 1.43 bits per heavy atom. The molecule has 5 heteroatoms. The molecule has 0 amide bonds. The van der Waals surface area contributed by atoms with Gasteiger partial charge in [0.1, 0.15) is 0 Å². The van der Waals surface area contributed by atoms with Crippen molar-refractivity contribution in [2.45, 2.75) is 13.0 Å². The van der Waals surface area contributed by atoms with Crippen LogP contribution in [-0.2, 0) is 14.4 Å². The summed E-state index contributed by atoms with van der Waals surface area (Å²) in [4.78, 5) is 32.4. The summed E-state index contributed by atoms with van der Waals surface area (Å²) in [5.74, 6) is -0.737. The van der Waals surface area contributed by atoms with Crippen LogP contribution in [-0.4, -0.2) is 24.4 Å². The van der Waals surface area contributed by atoms with Crippen molar-refractivity contribution in [1.82, 2.24) is 0 Å². The summed E-state index contributed by atoms with van der Waals surface area (Å²) in [7, 11) is 0. The lowest BCUT2D eigenvalue weighted by Crippen LogP contribution is -2.37. The second kappa shape index (κ2) is 8.66. The average Bonchev–Trinajstić information content (AvgIpc) is 3.21. The van der Waals surface area contributed by atoms with Gasteiger partial charge in [0.25, 0.3) is 0 Å². The monoisotopic (exact) mass is 399 g/mol. The van der Waals surface area contributed by atoms with Gasteiger partial charge in [-0.3, -0.25) is 4.79 Å². The number of ether oxygens (including phenoxy) is 1. The maximum absolute atomic E-state index is 13.6. The van der Waals surface area contributed by atoms with Gasteiger partial charge in [-0.15, -0.1) is 0 Å². The van der Waals surface area contributed by atoms with Crippen molar-refractivity contribution in [1.29, 1.82) is 0 Å². The summed E-state index contributed by atoms with van der Waals surface area (Å²) in [6, 6.07) is 26.7. The molecule has 0 saturated heterocycles. The largest absolute Gasteiger partial charge is 0.460 e. The number of para-hydroxylation sites is 1. The number of benzene rings is 3. The Hall–Kier alpha value is -3.86. The van der Waals surface area contributed by atoms with Gasteiger partial charge in [-0.2, -0.15) is 5.06 Å². The van der Waals surface area contributed by atoms with Crippen molar-refractivity contribution in [2.24, 2.45) is 0 Å². The maximum atomic E-state index is 13.6. The van der Waals surface area contributed by atoms with E-state index in [1.54, 1.807) is 19.1 Å². The minimum Gasteiger partial charge on any atom is -0.460 e. The van der Waals surface area contributed by atoms with Crippen molar-refractivity contribution >= 4 is 23.0 Å². The van der Waals surface area contributed by atoms with E-state index >= 15 is 0 Å². The number of carbonyl (C=O) groups is 2. The Bertz CT molecular complexity index is 1060. The molecule has 0 N–H and O–H groups in total. The third kappa shape index (κ3) is 3.70. The molecule has 3 aromatic rings. The first kappa shape index (κ1) is 19.5. The van der Waals surface area contributed by atoms with E-state index in [9.17, 15) is 9.59 Å². The van der Waals surface area contributed by atoms with E-state index < -0.39 is 12.0 Å². The first-order valence-corrected chi connectivity index (χ1v) is 9.79. The molecule has 1 aliphatic rings. The van der Waals surface area contributed by atoms with Crippen LogP contribution in [0.15, 0.2) is 96.8 Å². The van der Waals surface area contributed by atoms with Crippen LogP contribution in [0.4, 0.5) is 5.69 Å². The van der Waals surface area contributed by atoms with E-state index in [1.807, 2.05) is 78.9 Å². The standard InChI is InChI=1S/C25H21NO4/c1-2-29-25(28)24-21(18-12-6-3-7-13-18)22(23(27)19-14-8-4-9-15-19)26(30-24)20-16-10-5-11-17-20/h3-17,22H,2H2,1H3. The third-order valence-electron chi connectivity index (χ3n) is 4.81. The predicted octanol–water partition coefficient (Wildman–Crippen LogP) is 4.66. The topological polar surface area (TPSA) is 55.8 Å². The molecule has 4 rings (SSSR count). The van der Waals surface area contributed by atoms with Gasteiger partial charge < -0.3 is 9.57 Å². The zero-order valence-electron chi connectivity index (χ0n) is 16.5. The second-order valence-electron chi connectivity index (χ2n) is 6.71. The number of ketones is 1. The second-order valence-corrected chi connectivity index (χ2v) is 6.71. The molecule has 0 radical (unpaired) electrons. The average molecular weight is 399 g/mol. The zero-order chi connectivity index (χ0) is 20.9. The number of anilines is 1. The normalized spacial score (nSPS) is 15.6. The number of rotatable bonds is 6. The van der Waals surface area contributed by atoms with Crippen LogP contribution >= 0.6 is 0 Å². The first-order chi connectivity index (χ1) is 14.7. The minimum absolute atomic E-state index is 0.0289. The van der Waals surface area contributed by atoms with Gasteiger partial charge >= 0.3 is 5.97 Å². The van der Waals surface area contributed by atoms with E-state index in [2.05, 4.69) is 0 Å². The lowest BCUT2D eigenvalue weighted by atomic mass is 9.91. The smallest absolute Gasteiger partial charge is 0.377 e. The van der Waals surface area contributed by atoms with Crippen LogP contribution in [0.1, 0.15) is 22.8 Å². The van der Waals surface area contributed by atoms with E-state index in [-0.39, 0.29) is 18.1 Å². The SMILES string of the molecule is CCOC(=O)C1=C(c2ccccc2)C(C(=O)c2ccccc2)N(c2ccccc2)O1. The van der Waals surface area contributed by atoms with Crippen molar-refractivity contribution in [3.05, 3.63) is 108 Å². The molecule has 1 atom stereocenters. The summed E-state index contributed by atoms with van der Waals surface area (Å²) in [6.07, 6.45) is 0. The van der Waals surface area contributed by atoms with E-state index in [0.29, 0.717) is 16.8 Å². The highest BCUT2D eigenvalue weighted by Gasteiger charge is 2.44. The van der Waals surface area contributed by atoms with Crippen LogP contribution in [0, 0.1) is 0 Å². The van der Waals surface area contributed by atoms with Gasteiger partial charge in [0.2, 0.25) is 5.76 Å². The van der Waals surface area contributed by atoms with Gasteiger partial charge in [0.05, 0.1) is 12.3 Å². The van der Waals surface area contributed by atoms with Crippen LogP contribution in [0.25, 0.3) is 5.57 Å². The number of carbonyl (C=O) groups excluding carboxylic acids is 2. The number of hydroxylamine groups is 1. The van der Waals surface area contributed by atoms with Crippen LogP contribution in [0.2, 0.25) is 0 Å². The number of Topliss-reactive ketones (excluding diaryl/α,β-unsaturated/α-hetero) is 1. The third-order valence-corrected chi connectivity index (χ3v) is 4.81. The lowest BCUT2D eigenvalue weighted by molar-refractivity contribution is -0.142. The molecule has 0 spiro atoms. The highest BCUT2D eigenvalue weighted by molar-refractivity contribution is 6.14. The van der Waals surface area contributed by atoms with Gasteiger partial charge in [-0.1, -0.05) is 78.9 Å². The van der Waals surface area contributed by atoms with Gasteiger partial charge in [0, 0.05) is 11.1 Å². The van der Waals surface area contributed by atoms with E-state index in [1.165, 1.54) is 5.06 Å². The van der Waals surface area contributed by atoms with E-state index in [4.69, 9.17) is 9.57 Å². The fraction of sp³-hybridized carbons (Fsp3) is 0.120. The first-order valence-electron chi connectivity index (χ1n) is 9.79. The molecule has 0 aliphatic carbocycles. The van der Waals surface area contributed by atoms with Gasteiger partial charge in [0.15, 0.2) is 11.8 Å². The molecule has 1 heterocycles. The van der Waals surface area contributed by atoms with Crippen molar-refractivity contribution < 1.29 is 19.2 Å². The summed E-state index contributed by atoms with van der Waals surface area (Å²) >= 11 is 0. The molecule has 3 aromatic carbocycles. The number of hydrogen-bond acceptors (Lipinski definition) is 5. The Kier molecular flexibility index (Phi) is 5.61. The molecule has 5 nitrogen and oxygen atoms in total. The number of esters is 1. The fourth-order valence-corrected chi connectivity index (χ4v) is 3.47. The Morgan fingerprint density at radius 3 is 2.03 bits per heavy atom. The molecule has 0 bridgehead atoms. The summed E-state index contributed by atoms with van der Waals surface area (Å²) in [5.41, 5.74) is 2.42. The molecule has 0 aromatic heterocycles. The summed E-state index contributed by atoms with van der Waals surface area (Å²) in [5, 5.41) is 1.49. The molecule has 0 fully saturated rings. The minimum atomic E-state index is -0.836. The molecule has 30 heavy (non-hydrogen) atoms. The summed E-state index contributed by atoms with van der Waals surface area (Å²) in [6.45, 7) is 1.94. The van der Waals surface area contributed by atoms with Crippen molar-refractivity contribution in [3.63, 3.8) is 0 Å². The van der Waals surface area contributed by atoms with Gasteiger partial charge in [-0.05, 0) is 24.6 Å². The molecule has 150 valence electrons. The van der Waals surface area contributed by atoms with Crippen molar-refractivity contribution in [3.8, 4) is 0 Å². The zero-order valence-corrected chi connectivity index (χ0v) is 16.5. The van der Waals surface area contributed by atoms with Crippen LogP contribution in [0.3, 0.4) is 0 Å². The number of nitrogens with zero attached hydrogens (tertiary/aromatic N) is 1. The lowest BCUT2D eigenvalue weighted by Gasteiger charge is -2.25. The molecular formula is C25H21NO4. The molecular weight excluding hydrogens is 378 g/mol. The molecule has 1 aliphatic heterocycles. The van der Waals surface area contributed by atoms with Crippen molar-refractivity contribution in [2.75, 3.05) is 11.7 Å². The highest BCUT2D eigenvalue weighted by Crippen LogP contribution is 2.39. The Balaban J connectivity index is 1.89. The summed E-state index contributed by atoms with van der Waals surface area (Å²) < 4.78 is 5.24. The highest BCUT2D eigenvalue weighted by atomic mass is 16.7. The maximum Gasteiger partial charge on any atom is 0.377 e. The quantitative estimate of drug-likeness (QED) is 0.446. The van der Waals surface area contributed by atoms with Crippen LogP contribution < -0.4 is 5.06 Å². The molecule has 0 saturated carbocycles.